The summed E-state index contributed by atoms with van der Waals surface area (Å²) >= 11 is 0. The van der Waals surface area contributed by atoms with Crippen molar-refractivity contribution in [2.45, 2.75) is 52.7 Å². The summed E-state index contributed by atoms with van der Waals surface area (Å²) in [5, 5.41) is 10.2. The van der Waals surface area contributed by atoms with Crippen LogP contribution in [0.4, 0.5) is 0 Å². The molecule has 6 aromatic rings. The van der Waals surface area contributed by atoms with E-state index in [9.17, 15) is 0 Å². The van der Waals surface area contributed by atoms with Gasteiger partial charge in [0.1, 0.15) is 0 Å². The maximum Gasteiger partial charge on any atom is 0.494 e. The summed E-state index contributed by atoms with van der Waals surface area (Å²) in [5.74, 6) is 0. The van der Waals surface area contributed by atoms with E-state index in [0.29, 0.717) is 0 Å². The highest BCUT2D eigenvalue weighted by molar-refractivity contribution is 6.62. The SMILES string of the molecule is Cc1cc2c3ccc(B4OC(C)(C)C(C)(C)O4)cc3c3ccccc3c2cc1-c1c(C)ccc2ccccc12. The molecule has 0 spiro atoms. The molecule has 39 heavy (non-hydrogen) atoms. The first-order valence-electron chi connectivity index (χ1n) is 13.9. The molecule has 3 heteroatoms. The van der Waals surface area contributed by atoms with Crippen LogP contribution >= 0.6 is 0 Å². The van der Waals surface area contributed by atoms with Crippen molar-refractivity contribution in [3.05, 3.63) is 102 Å². The number of aryl methyl sites for hydroxylation is 2. The highest BCUT2D eigenvalue weighted by Gasteiger charge is 2.51. The lowest BCUT2D eigenvalue weighted by Crippen LogP contribution is -2.41. The molecule has 1 fully saturated rings. The van der Waals surface area contributed by atoms with Crippen LogP contribution in [-0.2, 0) is 9.31 Å². The normalized spacial score (nSPS) is 16.6. The van der Waals surface area contributed by atoms with E-state index in [1.54, 1.807) is 0 Å². The highest BCUT2D eigenvalue weighted by Crippen LogP contribution is 2.42. The van der Waals surface area contributed by atoms with Gasteiger partial charge in [-0.1, -0.05) is 84.9 Å². The Hall–Kier alpha value is -3.66. The molecule has 0 atom stereocenters. The van der Waals surface area contributed by atoms with E-state index in [0.717, 1.165) is 5.46 Å². The summed E-state index contributed by atoms with van der Waals surface area (Å²) in [7, 11) is -0.382. The Morgan fingerprint density at radius 2 is 1.08 bits per heavy atom. The van der Waals surface area contributed by atoms with Gasteiger partial charge < -0.3 is 9.31 Å². The fraction of sp³-hybridized carbons (Fsp3) is 0.222. The minimum absolute atomic E-state index is 0.370. The number of fused-ring (bicyclic) bond motifs is 7. The fourth-order valence-electron chi connectivity index (χ4n) is 6.26. The number of hydrogen-bond acceptors (Lipinski definition) is 2. The van der Waals surface area contributed by atoms with Crippen LogP contribution in [0.25, 0.3) is 54.2 Å². The van der Waals surface area contributed by atoms with Crippen molar-refractivity contribution in [3.8, 4) is 11.1 Å². The molecule has 0 unspecified atom stereocenters. The van der Waals surface area contributed by atoms with Crippen LogP contribution in [0.5, 0.6) is 0 Å². The lowest BCUT2D eigenvalue weighted by molar-refractivity contribution is 0.00578. The second kappa shape index (κ2) is 8.42. The molecule has 1 heterocycles. The Bertz CT molecular complexity index is 1930. The minimum Gasteiger partial charge on any atom is -0.399 e. The van der Waals surface area contributed by atoms with E-state index >= 15 is 0 Å². The van der Waals surface area contributed by atoms with Crippen LogP contribution in [0.1, 0.15) is 38.8 Å². The predicted octanol–water partition coefficient (Wildman–Crippen LogP) is 8.88. The molecule has 2 nitrogen and oxygen atoms in total. The summed E-state index contributed by atoms with van der Waals surface area (Å²) in [6, 6.07) is 33.5. The average molecular weight is 508 g/mol. The van der Waals surface area contributed by atoms with Gasteiger partial charge in [0.05, 0.1) is 11.2 Å². The molecular formula is C36H33BO2. The molecule has 192 valence electrons. The molecule has 0 amide bonds. The van der Waals surface area contributed by atoms with Crippen molar-refractivity contribution in [2.75, 3.05) is 0 Å². The lowest BCUT2D eigenvalue weighted by atomic mass is 9.77. The second-order valence-corrected chi connectivity index (χ2v) is 12.1. The standard InChI is InChI=1S/C36H33BO2/c1-22-15-16-24-11-7-8-12-26(24)34(22)30-21-33-28-14-10-9-13-27(28)32-20-25(17-18-29(32)31(33)19-23(30)2)37-38-35(3,4)36(5,6)39-37/h7-21H,1-6H3. The third-order valence-electron chi connectivity index (χ3n) is 9.14. The van der Waals surface area contributed by atoms with Crippen LogP contribution in [0.3, 0.4) is 0 Å². The van der Waals surface area contributed by atoms with Crippen LogP contribution in [0.2, 0.25) is 0 Å². The smallest absolute Gasteiger partial charge is 0.399 e. The number of rotatable bonds is 2. The van der Waals surface area contributed by atoms with Crippen molar-refractivity contribution in [1.82, 2.24) is 0 Å². The van der Waals surface area contributed by atoms with Crippen molar-refractivity contribution in [2.24, 2.45) is 0 Å². The zero-order valence-corrected chi connectivity index (χ0v) is 23.6. The van der Waals surface area contributed by atoms with E-state index in [4.69, 9.17) is 9.31 Å². The van der Waals surface area contributed by atoms with Gasteiger partial charge in [0, 0.05) is 0 Å². The van der Waals surface area contributed by atoms with Gasteiger partial charge >= 0.3 is 7.12 Å². The van der Waals surface area contributed by atoms with Crippen LogP contribution in [0.15, 0.2) is 91.0 Å². The molecule has 0 N–H and O–H groups in total. The summed E-state index contributed by atoms with van der Waals surface area (Å²) in [5.41, 5.74) is 5.53. The summed E-state index contributed by atoms with van der Waals surface area (Å²) < 4.78 is 12.8. The predicted molar refractivity (Wildman–Crippen MR) is 167 cm³/mol. The number of benzene rings is 6. The van der Waals surface area contributed by atoms with E-state index in [1.807, 2.05) is 0 Å². The zero-order chi connectivity index (χ0) is 27.1. The molecule has 0 bridgehead atoms. The molecular weight excluding hydrogens is 475 g/mol. The van der Waals surface area contributed by atoms with Gasteiger partial charge in [-0.25, -0.2) is 0 Å². The molecule has 0 radical (unpaired) electrons. The van der Waals surface area contributed by atoms with Crippen molar-refractivity contribution in [1.29, 1.82) is 0 Å². The molecule has 0 saturated carbocycles. The van der Waals surface area contributed by atoms with Gasteiger partial charge in [0.25, 0.3) is 0 Å². The van der Waals surface area contributed by atoms with Gasteiger partial charge in [-0.2, -0.15) is 0 Å². The number of hydrogen-bond donors (Lipinski definition) is 0. The van der Waals surface area contributed by atoms with Gasteiger partial charge in [0.2, 0.25) is 0 Å². The van der Waals surface area contributed by atoms with Gasteiger partial charge in [-0.05, 0) is 118 Å². The van der Waals surface area contributed by atoms with Crippen LogP contribution < -0.4 is 5.46 Å². The quantitative estimate of drug-likeness (QED) is 0.172. The van der Waals surface area contributed by atoms with E-state index in [1.165, 1.54) is 65.3 Å². The van der Waals surface area contributed by atoms with E-state index < -0.39 is 0 Å². The van der Waals surface area contributed by atoms with Crippen molar-refractivity contribution < 1.29 is 9.31 Å². The second-order valence-electron chi connectivity index (χ2n) is 12.1. The van der Waals surface area contributed by atoms with Crippen molar-refractivity contribution in [3.63, 3.8) is 0 Å². The molecule has 6 aromatic carbocycles. The third kappa shape index (κ3) is 3.64. The largest absolute Gasteiger partial charge is 0.494 e. The summed E-state index contributed by atoms with van der Waals surface area (Å²) in [6.07, 6.45) is 0. The summed E-state index contributed by atoms with van der Waals surface area (Å²) in [6.45, 7) is 12.9. The van der Waals surface area contributed by atoms with Gasteiger partial charge in [-0.3, -0.25) is 0 Å². The maximum absolute atomic E-state index is 6.41. The lowest BCUT2D eigenvalue weighted by Gasteiger charge is -2.32. The molecule has 0 aliphatic carbocycles. The monoisotopic (exact) mass is 508 g/mol. The molecule has 1 saturated heterocycles. The maximum atomic E-state index is 6.41. The van der Waals surface area contributed by atoms with E-state index in [2.05, 4.69) is 133 Å². The van der Waals surface area contributed by atoms with Crippen molar-refractivity contribution >= 4 is 55.7 Å². The third-order valence-corrected chi connectivity index (χ3v) is 9.14. The molecule has 7 rings (SSSR count). The topological polar surface area (TPSA) is 18.5 Å². The Balaban J connectivity index is 1.50. The average Bonchev–Trinajstić information content (AvgIpc) is 3.15. The minimum atomic E-state index is -0.382. The first kappa shape index (κ1) is 24.4. The fourth-order valence-corrected chi connectivity index (χ4v) is 6.26. The Morgan fingerprint density at radius 3 is 1.77 bits per heavy atom. The molecule has 1 aliphatic rings. The van der Waals surface area contributed by atoms with Crippen LogP contribution in [-0.4, -0.2) is 18.3 Å². The first-order chi connectivity index (χ1) is 18.6. The van der Waals surface area contributed by atoms with Crippen LogP contribution in [0, 0.1) is 13.8 Å². The summed E-state index contributed by atoms with van der Waals surface area (Å²) in [4.78, 5) is 0. The molecule has 1 aliphatic heterocycles. The Labute approximate surface area is 230 Å². The Kier molecular flexibility index (Phi) is 5.27. The molecule has 0 aromatic heterocycles. The highest BCUT2D eigenvalue weighted by atomic mass is 16.7. The van der Waals surface area contributed by atoms with E-state index in [-0.39, 0.29) is 18.3 Å². The Morgan fingerprint density at radius 1 is 0.513 bits per heavy atom. The first-order valence-corrected chi connectivity index (χ1v) is 13.9. The van der Waals surface area contributed by atoms with Gasteiger partial charge in [0.15, 0.2) is 0 Å². The van der Waals surface area contributed by atoms with Gasteiger partial charge in [-0.15, -0.1) is 0 Å². The zero-order valence-electron chi connectivity index (χ0n) is 23.6.